The molecule has 1 saturated heterocycles. The lowest BCUT2D eigenvalue weighted by molar-refractivity contribution is -0.138. The van der Waals surface area contributed by atoms with Crippen LogP contribution in [0.5, 0.6) is 0 Å². The Kier molecular flexibility index (Phi) is 6.72. The molecule has 0 saturated carbocycles. The number of unbranched alkanes of at least 4 members (excludes halogenated alkanes) is 1. The zero-order chi connectivity index (χ0) is 13.4. The number of nitrogens with zero attached hydrogens (tertiary/aromatic N) is 1. The van der Waals surface area contributed by atoms with Crippen molar-refractivity contribution in [3.05, 3.63) is 0 Å². The molecular formula is C13H24N2O3. The van der Waals surface area contributed by atoms with E-state index in [0.717, 1.165) is 45.3 Å². The highest BCUT2D eigenvalue weighted by atomic mass is 16.4. The summed E-state index contributed by atoms with van der Waals surface area (Å²) in [6, 6.07) is 0. The van der Waals surface area contributed by atoms with Crippen molar-refractivity contribution in [1.82, 2.24) is 10.2 Å². The molecule has 1 atom stereocenters. The van der Waals surface area contributed by atoms with Gasteiger partial charge in [-0.05, 0) is 31.7 Å². The minimum atomic E-state index is -0.741. The Balaban J connectivity index is 2.24. The van der Waals surface area contributed by atoms with Crippen LogP contribution < -0.4 is 5.32 Å². The lowest BCUT2D eigenvalue weighted by Gasteiger charge is -2.31. The summed E-state index contributed by atoms with van der Waals surface area (Å²) in [6.45, 7) is 4.86. The van der Waals surface area contributed by atoms with Crippen LogP contribution in [-0.4, -0.2) is 48.1 Å². The van der Waals surface area contributed by atoms with Crippen LogP contribution in [0.25, 0.3) is 0 Å². The molecule has 1 amide bonds. The van der Waals surface area contributed by atoms with Gasteiger partial charge < -0.3 is 10.4 Å². The first-order valence-electron chi connectivity index (χ1n) is 6.82. The van der Waals surface area contributed by atoms with E-state index in [9.17, 15) is 9.59 Å². The number of amides is 1. The number of likely N-dealkylation sites (tertiary alicyclic amines) is 1. The number of hydrogen-bond donors (Lipinski definition) is 2. The number of carboxylic acid groups (broad SMARTS) is 1. The van der Waals surface area contributed by atoms with Gasteiger partial charge in [-0.15, -0.1) is 0 Å². The molecule has 0 bridgehead atoms. The monoisotopic (exact) mass is 256 g/mol. The summed E-state index contributed by atoms with van der Waals surface area (Å²) in [5.41, 5.74) is 0. The van der Waals surface area contributed by atoms with E-state index in [2.05, 4.69) is 17.1 Å². The summed E-state index contributed by atoms with van der Waals surface area (Å²) >= 11 is 0. The molecule has 1 heterocycles. The van der Waals surface area contributed by atoms with Crippen molar-refractivity contribution < 1.29 is 14.7 Å². The number of hydrogen-bond acceptors (Lipinski definition) is 3. The lowest BCUT2D eigenvalue weighted by Crippen LogP contribution is -2.43. The van der Waals surface area contributed by atoms with Gasteiger partial charge in [0.2, 0.25) is 5.91 Å². The average Bonchev–Trinajstić information content (AvgIpc) is 2.28. The van der Waals surface area contributed by atoms with E-state index in [1.807, 2.05) is 0 Å². The van der Waals surface area contributed by atoms with Gasteiger partial charge in [0.05, 0.1) is 6.54 Å². The molecule has 0 spiro atoms. The molecule has 1 unspecified atom stereocenters. The normalized spacial score (nSPS) is 20.6. The molecule has 0 radical (unpaired) electrons. The van der Waals surface area contributed by atoms with Gasteiger partial charge in [0, 0.05) is 19.5 Å². The Morgan fingerprint density at radius 2 is 2.22 bits per heavy atom. The van der Waals surface area contributed by atoms with Gasteiger partial charge in [-0.3, -0.25) is 14.5 Å². The van der Waals surface area contributed by atoms with Crippen molar-refractivity contribution in [2.75, 3.05) is 26.2 Å². The molecule has 0 aromatic rings. The Labute approximate surface area is 109 Å². The van der Waals surface area contributed by atoms with Crippen molar-refractivity contribution in [3.63, 3.8) is 0 Å². The zero-order valence-electron chi connectivity index (χ0n) is 11.2. The van der Waals surface area contributed by atoms with Crippen LogP contribution >= 0.6 is 0 Å². The molecule has 1 aliphatic heterocycles. The molecule has 5 heteroatoms. The van der Waals surface area contributed by atoms with Gasteiger partial charge in [0.15, 0.2) is 0 Å². The summed E-state index contributed by atoms with van der Waals surface area (Å²) in [5.74, 6) is -0.492. The molecule has 1 rings (SSSR count). The summed E-state index contributed by atoms with van der Waals surface area (Å²) < 4.78 is 0. The molecule has 1 fully saturated rings. The third-order valence-electron chi connectivity index (χ3n) is 3.29. The highest BCUT2D eigenvalue weighted by Gasteiger charge is 2.23. The topological polar surface area (TPSA) is 69.6 Å². The summed E-state index contributed by atoms with van der Waals surface area (Å²) in [4.78, 5) is 24.4. The summed E-state index contributed by atoms with van der Waals surface area (Å²) in [5, 5.41) is 11.7. The molecule has 2 N–H and O–H groups in total. The van der Waals surface area contributed by atoms with E-state index >= 15 is 0 Å². The van der Waals surface area contributed by atoms with E-state index in [0.29, 0.717) is 6.54 Å². The Bertz CT molecular complexity index is 281. The van der Waals surface area contributed by atoms with Crippen LogP contribution in [0.2, 0.25) is 0 Å². The van der Waals surface area contributed by atoms with E-state index in [4.69, 9.17) is 5.11 Å². The number of piperidine rings is 1. The van der Waals surface area contributed by atoms with Crippen molar-refractivity contribution in [3.8, 4) is 0 Å². The fourth-order valence-electron chi connectivity index (χ4n) is 2.37. The third-order valence-corrected chi connectivity index (χ3v) is 3.29. The minimum Gasteiger partial charge on any atom is -0.481 e. The standard InChI is InChI=1S/C13H24N2O3/c1-2-3-6-14-12(16)10-15-7-4-5-11(9-15)8-13(17)18/h11H,2-10H2,1H3,(H,14,16)(H,17,18). The van der Waals surface area contributed by atoms with Gasteiger partial charge in [-0.25, -0.2) is 0 Å². The summed E-state index contributed by atoms with van der Waals surface area (Å²) in [6.07, 6.45) is 4.24. The van der Waals surface area contributed by atoms with E-state index in [-0.39, 0.29) is 18.2 Å². The molecule has 18 heavy (non-hydrogen) atoms. The van der Waals surface area contributed by atoms with Crippen molar-refractivity contribution in [2.45, 2.75) is 39.0 Å². The van der Waals surface area contributed by atoms with Gasteiger partial charge in [0.1, 0.15) is 0 Å². The highest BCUT2D eigenvalue weighted by molar-refractivity contribution is 5.78. The second-order valence-electron chi connectivity index (χ2n) is 5.04. The highest BCUT2D eigenvalue weighted by Crippen LogP contribution is 2.19. The Morgan fingerprint density at radius 1 is 1.44 bits per heavy atom. The molecular weight excluding hydrogens is 232 g/mol. The predicted octanol–water partition coefficient (Wildman–Crippen LogP) is 1.09. The average molecular weight is 256 g/mol. The lowest BCUT2D eigenvalue weighted by atomic mass is 9.95. The fraction of sp³-hybridized carbons (Fsp3) is 0.846. The number of rotatable bonds is 7. The maximum Gasteiger partial charge on any atom is 0.303 e. The molecule has 0 aromatic carbocycles. The van der Waals surface area contributed by atoms with E-state index in [1.165, 1.54) is 0 Å². The quantitative estimate of drug-likeness (QED) is 0.669. The van der Waals surface area contributed by atoms with Crippen molar-refractivity contribution >= 4 is 11.9 Å². The molecule has 0 aliphatic carbocycles. The first kappa shape index (κ1) is 15.0. The minimum absolute atomic E-state index is 0.0550. The maximum atomic E-state index is 11.6. The maximum absolute atomic E-state index is 11.6. The first-order valence-corrected chi connectivity index (χ1v) is 6.82. The number of carbonyl (C=O) groups excluding carboxylic acids is 1. The molecule has 1 aliphatic rings. The number of carbonyl (C=O) groups is 2. The van der Waals surface area contributed by atoms with E-state index in [1.54, 1.807) is 0 Å². The molecule has 5 nitrogen and oxygen atoms in total. The van der Waals surface area contributed by atoms with E-state index < -0.39 is 5.97 Å². The van der Waals surface area contributed by atoms with Crippen molar-refractivity contribution in [1.29, 1.82) is 0 Å². The van der Waals surface area contributed by atoms with Crippen LogP contribution in [0.1, 0.15) is 39.0 Å². The molecule has 104 valence electrons. The fourth-order valence-corrected chi connectivity index (χ4v) is 2.37. The third kappa shape index (κ3) is 6.00. The zero-order valence-corrected chi connectivity index (χ0v) is 11.2. The van der Waals surface area contributed by atoms with Gasteiger partial charge >= 0.3 is 5.97 Å². The second kappa shape index (κ2) is 8.08. The van der Waals surface area contributed by atoms with Gasteiger partial charge in [-0.1, -0.05) is 13.3 Å². The van der Waals surface area contributed by atoms with Gasteiger partial charge in [0.25, 0.3) is 0 Å². The van der Waals surface area contributed by atoms with Crippen molar-refractivity contribution in [2.24, 2.45) is 5.92 Å². The largest absolute Gasteiger partial charge is 0.481 e. The van der Waals surface area contributed by atoms with Gasteiger partial charge in [-0.2, -0.15) is 0 Å². The van der Waals surface area contributed by atoms with Crippen LogP contribution in [0.15, 0.2) is 0 Å². The molecule has 0 aromatic heterocycles. The number of nitrogens with one attached hydrogen (secondary N) is 1. The van der Waals surface area contributed by atoms with Crippen LogP contribution in [-0.2, 0) is 9.59 Å². The Morgan fingerprint density at radius 3 is 2.89 bits per heavy atom. The number of aliphatic carboxylic acids is 1. The summed E-state index contributed by atoms with van der Waals surface area (Å²) in [7, 11) is 0. The predicted molar refractivity (Wildman–Crippen MR) is 69.3 cm³/mol. The smallest absolute Gasteiger partial charge is 0.303 e. The van der Waals surface area contributed by atoms with Crippen LogP contribution in [0.4, 0.5) is 0 Å². The van der Waals surface area contributed by atoms with Crippen LogP contribution in [0, 0.1) is 5.92 Å². The second-order valence-corrected chi connectivity index (χ2v) is 5.04. The SMILES string of the molecule is CCCCNC(=O)CN1CCCC(CC(=O)O)C1. The first-order chi connectivity index (χ1) is 8.61. The Hall–Kier alpha value is -1.10. The van der Waals surface area contributed by atoms with Crippen LogP contribution in [0.3, 0.4) is 0 Å². The number of carboxylic acids is 1.